The first-order valence-electron chi connectivity index (χ1n) is 12.5. The maximum atomic E-state index is 14.0. The van der Waals surface area contributed by atoms with Crippen LogP contribution in [0.15, 0.2) is 42.5 Å². The molecule has 0 bridgehead atoms. The van der Waals surface area contributed by atoms with Gasteiger partial charge in [-0.1, -0.05) is 35.9 Å². The summed E-state index contributed by atoms with van der Waals surface area (Å²) in [6, 6.07) is 10.3. The van der Waals surface area contributed by atoms with Gasteiger partial charge in [-0.2, -0.15) is 13.2 Å². The van der Waals surface area contributed by atoms with Gasteiger partial charge in [0.1, 0.15) is 0 Å². The predicted molar refractivity (Wildman–Crippen MR) is 134 cm³/mol. The summed E-state index contributed by atoms with van der Waals surface area (Å²) in [6.07, 6.45) is -3.90. The first-order valence-corrected chi connectivity index (χ1v) is 12.5. The topological polar surface area (TPSA) is 53.1 Å². The highest BCUT2D eigenvalue weighted by molar-refractivity contribution is 5.83. The number of nitrogens with zero attached hydrogens (tertiary/aromatic N) is 3. The van der Waals surface area contributed by atoms with E-state index in [0.29, 0.717) is 37.2 Å². The average Bonchev–Trinajstić information content (AvgIpc) is 3.17. The molecule has 9 heteroatoms. The number of urea groups is 1. The van der Waals surface area contributed by atoms with E-state index in [1.165, 1.54) is 4.90 Å². The third-order valence-corrected chi connectivity index (χ3v) is 7.75. The number of fused-ring (bicyclic) bond motifs is 1. The van der Waals surface area contributed by atoms with Crippen molar-refractivity contribution in [2.75, 3.05) is 33.9 Å². The fourth-order valence-electron chi connectivity index (χ4n) is 5.71. The Bertz CT molecular complexity index is 1170. The lowest BCUT2D eigenvalue weighted by molar-refractivity contribution is -0.138. The Hall–Kier alpha value is -3.07. The maximum absolute atomic E-state index is 14.0. The normalized spacial score (nSPS) is 22.7. The van der Waals surface area contributed by atoms with E-state index in [-0.39, 0.29) is 29.9 Å². The van der Waals surface area contributed by atoms with E-state index in [4.69, 9.17) is 4.74 Å². The van der Waals surface area contributed by atoms with Crippen LogP contribution in [0.3, 0.4) is 0 Å². The van der Waals surface area contributed by atoms with Gasteiger partial charge >= 0.3 is 12.2 Å². The minimum absolute atomic E-state index is 0.0405. The van der Waals surface area contributed by atoms with Crippen LogP contribution in [0.25, 0.3) is 0 Å². The van der Waals surface area contributed by atoms with Gasteiger partial charge < -0.3 is 19.4 Å². The van der Waals surface area contributed by atoms with Crippen molar-refractivity contribution in [3.05, 3.63) is 70.3 Å². The number of alkyl halides is 3. The lowest BCUT2D eigenvalue weighted by Gasteiger charge is -2.47. The van der Waals surface area contributed by atoms with Gasteiger partial charge in [-0.3, -0.25) is 4.79 Å². The lowest BCUT2D eigenvalue weighted by atomic mass is 9.89. The number of aryl methyl sites for hydroxylation is 2. The zero-order chi connectivity index (χ0) is 27.1. The van der Waals surface area contributed by atoms with Crippen LogP contribution in [-0.2, 0) is 15.7 Å². The number of ether oxygens (including phenoxy) is 1. The fraction of sp³-hybridized carbons (Fsp3) is 0.500. The number of hydrogen-bond donors (Lipinski definition) is 0. The van der Waals surface area contributed by atoms with Gasteiger partial charge in [0.05, 0.1) is 36.2 Å². The summed E-state index contributed by atoms with van der Waals surface area (Å²) in [6.45, 7) is 6.40. The minimum atomic E-state index is -4.47. The van der Waals surface area contributed by atoms with Gasteiger partial charge in [-0.25, -0.2) is 4.79 Å². The van der Waals surface area contributed by atoms with Crippen molar-refractivity contribution in [1.29, 1.82) is 0 Å². The molecule has 2 fully saturated rings. The van der Waals surface area contributed by atoms with E-state index in [1.807, 2.05) is 36.1 Å². The Kier molecular flexibility index (Phi) is 7.55. The van der Waals surface area contributed by atoms with E-state index >= 15 is 0 Å². The van der Waals surface area contributed by atoms with Crippen LogP contribution in [0.5, 0.6) is 0 Å². The maximum Gasteiger partial charge on any atom is 0.416 e. The Morgan fingerprint density at radius 1 is 1.16 bits per heavy atom. The summed E-state index contributed by atoms with van der Waals surface area (Å²) in [5.74, 6) is -0.222. The van der Waals surface area contributed by atoms with Crippen LogP contribution in [0.4, 0.5) is 18.0 Å². The molecule has 4 atom stereocenters. The highest BCUT2D eigenvalue weighted by Gasteiger charge is 2.50. The molecule has 200 valence electrons. The van der Waals surface area contributed by atoms with Crippen LogP contribution in [0, 0.1) is 19.8 Å². The molecule has 37 heavy (non-hydrogen) atoms. The molecule has 1 unspecified atom stereocenters. The van der Waals surface area contributed by atoms with Crippen LogP contribution in [0.2, 0.25) is 0 Å². The summed E-state index contributed by atoms with van der Waals surface area (Å²) in [4.78, 5) is 32.2. The molecular weight excluding hydrogens is 483 g/mol. The molecule has 0 saturated carbocycles. The number of carbonyl (C=O) groups is 2. The summed E-state index contributed by atoms with van der Waals surface area (Å²) in [7, 11) is 3.20. The van der Waals surface area contributed by atoms with Gasteiger partial charge in [0.15, 0.2) is 0 Å². The van der Waals surface area contributed by atoms with Crippen LogP contribution in [-0.4, -0.2) is 66.5 Å². The van der Waals surface area contributed by atoms with Gasteiger partial charge in [0.25, 0.3) is 0 Å². The highest BCUT2D eigenvalue weighted by Crippen LogP contribution is 2.42. The van der Waals surface area contributed by atoms with E-state index < -0.39 is 17.8 Å². The largest absolute Gasteiger partial charge is 0.416 e. The number of hydrogen-bond acceptors (Lipinski definition) is 3. The molecule has 2 aliphatic rings. The molecule has 3 amide bonds. The van der Waals surface area contributed by atoms with Crippen molar-refractivity contribution in [1.82, 2.24) is 14.7 Å². The number of benzene rings is 2. The summed E-state index contributed by atoms with van der Waals surface area (Å²) >= 11 is 0. The van der Waals surface area contributed by atoms with Crippen LogP contribution in [0.1, 0.15) is 53.2 Å². The summed E-state index contributed by atoms with van der Waals surface area (Å²) in [5, 5.41) is 0. The predicted octanol–water partition coefficient (Wildman–Crippen LogP) is 5.36. The molecule has 2 aromatic carbocycles. The monoisotopic (exact) mass is 517 g/mol. The number of amides is 3. The average molecular weight is 518 g/mol. The number of methoxy groups -OCH3 is 1. The number of rotatable bonds is 5. The summed E-state index contributed by atoms with van der Waals surface area (Å²) in [5.41, 5.74) is 2.16. The fourth-order valence-corrected chi connectivity index (χ4v) is 5.71. The van der Waals surface area contributed by atoms with Crippen molar-refractivity contribution in [2.45, 2.75) is 51.5 Å². The Balaban J connectivity index is 1.67. The molecule has 4 rings (SSSR count). The quantitative estimate of drug-likeness (QED) is 0.537. The SMILES string of the molecule is COCC1C[C@H]2[C@H](c3ccccc3C)N(C(=O)N(C)[C@H](C)c3cc(C)cc(C(F)(F)F)c3)CCN2C1=O. The van der Waals surface area contributed by atoms with E-state index in [2.05, 4.69) is 0 Å². The first kappa shape index (κ1) is 27.0. The molecule has 6 nitrogen and oxygen atoms in total. The Labute approximate surface area is 216 Å². The third kappa shape index (κ3) is 5.19. The second-order valence-corrected chi connectivity index (χ2v) is 10.2. The Morgan fingerprint density at radius 2 is 1.86 bits per heavy atom. The van der Waals surface area contributed by atoms with Gasteiger partial charge in [0, 0.05) is 27.2 Å². The van der Waals surface area contributed by atoms with E-state index in [9.17, 15) is 22.8 Å². The second kappa shape index (κ2) is 10.4. The van der Waals surface area contributed by atoms with E-state index in [0.717, 1.165) is 23.3 Å². The standard InChI is InChI=1S/C28H34F3N3O3/c1-17-12-20(14-22(13-17)28(29,30)31)19(3)32(4)27(36)34-11-10-33-24(15-21(16-37-5)26(33)35)25(34)23-9-7-6-8-18(23)2/h6-9,12-14,19,21,24-25H,10-11,15-16H2,1-5H3/t19-,21?,24+,25+/m1/s1. The zero-order valence-electron chi connectivity index (χ0n) is 21.9. The lowest BCUT2D eigenvalue weighted by Crippen LogP contribution is -2.57. The smallest absolute Gasteiger partial charge is 0.384 e. The minimum Gasteiger partial charge on any atom is -0.384 e. The van der Waals surface area contributed by atoms with Crippen LogP contribution < -0.4 is 0 Å². The third-order valence-electron chi connectivity index (χ3n) is 7.75. The second-order valence-electron chi connectivity index (χ2n) is 10.2. The highest BCUT2D eigenvalue weighted by atomic mass is 19.4. The van der Waals surface area contributed by atoms with Crippen LogP contribution >= 0.6 is 0 Å². The molecule has 2 heterocycles. The number of halogens is 3. The molecule has 2 aliphatic heterocycles. The molecular formula is C28H34F3N3O3. The zero-order valence-corrected chi connectivity index (χ0v) is 21.9. The van der Waals surface area contributed by atoms with Crippen molar-refractivity contribution >= 4 is 11.9 Å². The molecule has 0 spiro atoms. The first-order chi connectivity index (χ1) is 17.4. The number of piperazine rings is 1. The van der Waals surface area contributed by atoms with Gasteiger partial charge in [-0.15, -0.1) is 0 Å². The van der Waals surface area contributed by atoms with E-state index in [1.54, 1.807) is 39.0 Å². The van der Waals surface area contributed by atoms with Gasteiger partial charge in [0.2, 0.25) is 5.91 Å². The molecule has 2 aromatic rings. The van der Waals surface area contributed by atoms with Crippen molar-refractivity contribution in [3.63, 3.8) is 0 Å². The molecule has 0 N–H and O–H groups in total. The number of carbonyl (C=O) groups excluding carboxylic acids is 2. The Morgan fingerprint density at radius 3 is 2.51 bits per heavy atom. The molecule has 0 radical (unpaired) electrons. The van der Waals surface area contributed by atoms with Gasteiger partial charge in [-0.05, 0) is 56.0 Å². The summed E-state index contributed by atoms with van der Waals surface area (Å²) < 4.78 is 45.6. The van der Waals surface area contributed by atoms with Crippen molar-refractivity contribution < 1.29 is 27.5 Å². The van der Waals surface area contributed by atoms with Crippen molar-refractivity contribution in [3.8, 4) is 0 Å². The molecule has 2 saturated heterocycles. The van der Waals surface area contributed by atoms with Crippen molar-refractivity contribution in [2.24, 2.45) is 5.92 Å². The molecule has 0 aromatic heterocycles. The molecule has 0 aliphatic carbocycles.